The van der Waals surface area contributed by atoms with Crippen molar-refractivity contribution in [3.63, 3.8) is 0 Å². The quantitative estimate of drug-likeness (QED) is 0.752. The third-order valence-corrected chi connectivity index (χ3v) is 3.19. The summed E-state index contributed by atoms with van der Waals surface area (Å²) in [6.45, 7) is 1.95. The zero-order valence-electron chi connectivity index (χ0n) is 9.77. The summed E-state index contributed by atoms with van der Waals surface area (Å²) in [4.78, 5) is 4.39. The van der Waals surface area contributed by atoms with Gasteiger partial charge in [-0.25, -0.2) is 4.98 Å². The van der Waals surface area contributed by atoms with Crippen LogP contribution in [0, 0.1) is 18.3 Å². The van der Waals surface area contributed by atoms with E-state index in [0.29, 0.717) is 5.56 Å². The Morgan fingerprint density at radius 2 is 1.94 bits per heavy atom. The summed E-state index contributed by atoms with van der Waals surface area (Å²) in [5.41, 5.74) is 3.62. The van der Waals surface area contributed by atoms with Crippen molar-refractivity contribution in [2.24, 2.45) is 0 Å². The SMILES string of the molecule is CSc1nc(C)cc(-c2ccccc2)c1C#N. The maximum atomic E-state index is 9.28. The average molecular weight is 240 g/mol. The smallest absolute Gasteiger partial charge is 0.114 e. The fourth-order valence-corrected chi connectivity index (χ4v) is 2.34. The number of benzene rings is 1. The first-order chi connectivity index (χ1) is 8.26. The third-order valence-electron chi connectivity index (χ3n) is 2.50. The van der Waals surface area contributed by atoms with Gasteiger partial charge in [0, 0.05) is 11.3 Å². The molecule has 0 aliphatic carbocycles. The normalized spacial score (nSPS) is 9.94. The molecule has 3 heteroatoms. The molecule has 0 amide bonds. The first-order valence-corrected chi connectivity index (χ1v) is 6.50. The lowest BCUT2D eigenvalue weighted by Gasteiger charge is -2.08. The van der Waals surface area contributed by atoms with Crippen molar-refractivity contribution >= 4 is 11.8 Å². The van der Waals surface area contributed by atoms with Crippen LogP contribution in [0.5, 0.6) is 0 Å². The van der Waals surface area contributed by atoms with Gasteiger partial charge in [0.05, 0.1) is 5.56 Å². The summed E-state index contributed by atoms with van der Waals surface area (Å²) in [5, 5.41) is 10.1. The van der Waals surface area contributed by atoms with Crippen LogP contribution in [0.1, 0.15) is 11.3 Å². The summed E-state index contributed by atoms with van der Waals surface area (Å²) in [5.74, 6) is 0. The van der Waals surface area contributed by atoms with Crippen LogP contribution in [0.3, 0.4) is 0 Å². The molecule has 1 aromatic carbocycles. The number of rotatable bonds is 2. The Kier molecular flexibility index (Phi) is 3.46. The minimum absolute atomic E-state index is 0.661. The van der Waals surface area contributed by atoms with Gasteiger partial charge in [-0.05, 0) is 24.8 Å². The number of pyridine rings is 1. The van der Waals surface area contributed by atoms with E-state index < -0.39 is 0 Å². The van der Waals surface area contributed by atoms with Crippen molar-refractivity contribution in [3.8, 4) is 17.2 Å². The number of nitrogens with zero attached hydrogens (tertiary/aromatic N) is 2. The number of thioether (sulfide) groups is 1. The van der Waals surface area contributed by atoms with Crippen LogP contribution in [0.4, 0.5) is 0 Å². The van der Waals surface area contributed by atoms with E-state index in [-0.39, 0.29) is 0 Å². The standard InChI is InChI=1S/C14H12N2S/c1-10-8-12(11-6-4-3-5-7-11)13(9-15)14(16-10)17-2/h3-8H,1-2H3. The van der Waals surface area contributed by atoms with Crippen LogP contribution in [0.25, 0.3) is 11.1 Å². The lowest BCUT2D eigenvalue weighted by atomic mass is 10.0. The van der Waals surface area contributed by atoms with Crippen LogP contribution in [0.15, 0.2) is 41.4 Å². The van der Waals surface area contributed by atoms with Crippen molar-refractivity contribution in [2.75, 3.05) is 6.26 Å². The van der Waals surface area contributed by atoms with E-state index in [0.717, 1.165) is 21.8 Å². The minimum Gasteiger partial charge on any atom is -0.245 e. The van der Waals surface area contributed by atoms with Gasteiger partial charge in [-0.3, -0.25) is 0 Å². The highest BCUT2D eigenvalue weighted by molar-refractivity contribution is 7.98. The molecule has 0 bridgehead atoms. The molecule has 0 saturated carbocycles. The molecule has 84 valence electrons. The minimum atomic E-state index is 0.661. The van der Waals surface area contributed by atoms with E-state index in [4.69, 9.17) is 0 Å². The number of aromatic nitrogens is 1. The van der Waals surface area contributed by atoms with Crippen LogP contribution in [0.2, 0.25) is 0 Å². The number of hydrogen-bond donors (Lipinski definition) is 0. The van der Waals surface area contributed by atoms with Gasteiger partial charge in [0.15, 0.2) is 0 Å². The fourth-order valence-electron chi connectivity index (χ4n) is 1.75. The third kappa shape index (κ3) is 2.32. The molecule has 0 radical (unpaired) electrons. The van der Waals surface area contributed by atoms with Crippen molar-refractivity contribution in [2.45, 2.75) is 11.9 Å². The second kappa shape index (κ2) is 5.03. The molecule has 0 N–H and O–H groups in total. The number of hydrogen-bond acceptors (Lipinski definition) is 3. The molecule has 0 aliphatic heterocycles. The van der Waals surface area contributed by atoms with E-state index in [2.05, 4.69) is 11.1 Å². The van der Waals surface area contributed by atoms with Gasteiger partial charge in [-0.15, -0.1) is 11.8 Å². The molecule has 1 heterocycles. The Hall–Kier alpha value is -1.79. The van der Waals surface area contributed by atoms with Gasteiger partial charge in [-0.1, -0.05) is 30.3 Å². The Morgan fingerprint density at radius 1 is 1.24 bits per heavy atom. The molecular weight excluding hydrogens is 228 g/mol. The molecule has 2 rings (SSSR count). The zero-order chi connectivity index (χ0) is 12.3. The maximum absolute atomic E-state index is 9.28. The predicted octanol–water partition coefficient (Wildman–Crippen LogP) is 3.65. The highest BCUT2D eigenvalue weighted by Gasteiger charge is 2.11. The lowest BCUT2D eigenvalue weighted by molar-refractivity contribution is 1.05. The van der Waals surface area contributed by atoms with Crippen molar-refractivity contribution in [1.29, 1.82) is 5.26 Å². The van der Waals surface area contributed by atoms with Crippen LogP contribution >= 0.6 is 11.8 Å². The Balaban J connectivity index is 2.70. The molecule has 2 nitrogen and oxygen atoms in total. The highest BCUT2D eigenvalue weighted by atomic mass is 32.2. The summed E-state index contributed by atoms with van der Waals surface area (Å²) >= 11 is 1.51. The van der Waals surface area contributed by atoms with Crippen molar-refractivity contribution < 1.29 is 0 Å². The average Bonchev–Trinajstić information content (AvgIpc) is 2.38. The monoisotopic (exact) mass is 240 g/mol. The molecule has 0 aliphatic rings. The van der Waals surface area contributed by atoms with Gasteiger partial charge in [0.25, 0.3) is 0 Å². The molecule has 0 fully saturated rings. The van der Waals surface area contributed by atoms with Crippen LogP contribution < -0.4 is 0 Å². The van der Waals surface area contributed by atoms with Crippen LogP contribution in [-0.2, 0) is 0 Å². The van der Waals surface area contributed by atoms with E-state index >= 15 is 0 Å². The Morgan fingerprint density at radius 3 is 2.53 bits per heavy atom. The van der Waals surface area contributed by atoms with Crippen molar-refractivity contribution in [1.82, 2.24) is 4.98 Å². The van der Waals surface area contributed by atoms with Gasteiger partial charge in [0.1, 0.15) is 11.1 Å². The van der Waals surface area contributed by atoms with E-state index in [1.165, 1.54) is 11.8 Å². The fraction of sp³-hybridized carbons (Fsp3) is 0.143. The summed E-state index contributed by atoms with van der Waals surface area (Å²) < 4.78 is 0. The van der Waals surface area contributed by atoms with Crippen molar-refractivity contribution in [3.05, 3.63) is 47.7 Å². The first kappa shape index (κ1) is 11.7. The molecule has 17 heavy (non-hydrogen) atoms. The number of nitriles is 1. The van der Waals surface area contributed by atoms with E-state index in [9.17, 15) is 5.26 Å². The summed E-state index contributed by atoms with van der Waals surface area (Å²) in [6, 6.07) is 14.2. The zero-order valence-corrected chi connectivity index (χ0v) is 10.6. The van der Waals surface area contributed by atoms with E-state index in [1.807, 2.05) is 49.6 Å². The second-order valence-corrected chi connectivity index (χ2v) is 4.47. The Labute approximate surface area is 105 Å². The van der Waals surface area contributed by atoms with E-state index in [1.54, 1.807) is 0 Å². The largest absolute Gasteiger partial charge is 0.245 e. The highest BCUT2D eigenvalue weighted by Crippen LogP contribution is 2.29. The lowest BCUT2D eigenvalue weighted by Crippen LogP contribution is -1.94. The van der Waals surface area contributed by atoms with Gasteiger partial charge >= 0.3 is 0 Å². The summed E-state index contributed by atoms with van der Waals surface area (Å²) in [7, 11) is 0. The molecule has 0 spiro atoms. The van der Waals surface area contributed by atoms with Crippen LogP contribution in [-0.4, -0.2) is 11.2 Å². The van der Waals surface area contributed by atoms with Gasteiger partial charge in [-0.2, -0.15) is 5.26 Å². The van der Waals surface area contributed by atoms with Gasteiger partial charge in [0.2, 0.25) is 0 Å². The molecule has 0 saturated heterocycles. The number of aryl methyl sites for hydroxylation is 1. The maximum Gasteiger partial charge on any atom is 0.114 e. The molecular formula is C14H12N2S. The molecule has 2 aromatic rings. The second-order valence-electron chi connectivity index (χ2n) is 3.67. The topological polar surface area (TPSA) is 36.7 Å². The molecule has 0 atom stereocenters. The molecule has 0 unspecified atom stereocenters. The predicted molar refractivity (Wildman–Crippen MR) is 70.9 cm³/mol. The molecule has 1 aromatic heterocycles. The van der Waals surface area contributed by atoms with Gasteiger partial charge < -0.3 is 0 Å². The first-order valence-electron chi connectivity index (χ1n) is 5.27. The Bertz CT molecular complexity index is 571. The summed E-state index contributed by atoms with van der Waals surface area (Å²) in [6.07, 6.45) is 1.94.